The molecule has 4 aromatic rings. The summed E-state index contributed by atoms with van der Waals surface area (Å²) >= 11 is 6.23. The van der Waals surface area contributed by atoms with Crippen molar-refractivity contribution in [3.05, 3.63) is 117 Å². The van der Waals surface area contributed by atoms with E-state index in [1.54, 1.807) is 41.1 Å². The molecule has 1 aliphatic heterocycles. The van der Waals surface area contributed by atoms with Crippen LogP contribution in [0.25, 0.3) is 23.0 Å². The van der Waals surface area contributed by atoms with Crippen molar-refractivity contribution in [2.24, 2.45) is 0 Å². The van der Waals surface area contributed by atoms with Gasteiger partial charge in [0.05, 0.1) is 16.3 Å². The fourth-order valence-corrected chi connectivity index (χ4v) is 4.62. The summed E-state index contributed by atoms with van der Waals surface area (Å²) in [6.45, 7) is 3.57. The molecule has 0 unspecified atom stereocenters. The first-order valence-electron chi connectivity index (χ1n) is 12.3. The number of nitro benzene ring substituents is 1. The zero-order valence-electron chi connectivity index (χ0n) is 20.6. The van der Waals surface area contributed by atoms with E-state index in [1.807, 2.05) is 29.2 Å². The molecule has 0 atom stereocenters. The molecule has 0 N–H and O–H groups in total. The zero-order chi connectivity index (χ0) is 26.5. The SMILES string of the molecule is O=C(c1cc(-c2ccc([N+](=O)[O-])cc2)nn1-c1cccc(Cl)c1)N1CCN(C/C=C/c2ccccc2)CC1. The maximum absolute atomic E-state index is 13.7. The number of non-ortho nitro benzene ring substituents is 1. The summed E-state index contributed by atoms with van der Waals surface area (Å²) in [4.78, 5) is 28.5. The van der Waals surface area contributed by atoms with Crippen LogP contribution < -0.4 is 0 Å². The van der Waals surface area contributed by atoms with E-state index >= 15 is 0 Å². The first-order valence-corrected chi connectivity index (χ1v) is 12.7. The topological polar surface area (TPSA) is 84.5 Å². The van der Waals surface area contributed by atoms with Gasteiger partial charge in [0, 0.05) is 55.4 Å². The third-order valence-electron chi connectivity index (χ3n) is 6.49. The molecule has 3 aromatic carbocycles. The summed E-state index contributed by atoms with van der Waals surface area (Å²) in [5, 5.41) is 16.3. The van der Waals surface area contributed by atoms with Crippen LogP contribution in [0.2, 0.25) is 5.02 Å². The zero-order valence-corrected chi connectivity index (χ0v) is 21.4. The second kappa shape index (κ2) is 11.4. The molecular formula is C29H26ClN5O3. The molecule has 2 heterocycles. The first-order chi connectivity index (χ1) is 18.5. The fraction of sp³-hybridized carbons (Fsp3) is 0.172. The van der Waals surface area contributed by atoms with Crippen LogP contribution in [0.5, 0.6) is 0 Å². The predicted molar refractivity (Wildman–Crippen MR) is 148 cm³/mol. The van der Waals surface area contributed by atoms with Gasteiger partial charge >= 0.3 is 0 Å². The van der Waals surface area contributed by atoms with Crippen LogP contribution in [-0.2, 0) is 0 Å². The smallest absolute Gasteiger partial charge is 0.272 e. The van der Waals surface area contributed by atoms with Gasteiger partial charge < -0.3 is 4.90 Å². The van der Waals surface area contributed by atoms with E-state index in [0.717, 1.165) is 19.6 Å². The van der Waals surface area contributed by atoms with Crippen molar-refractivity contribution < 1.29 is 9.72 Å². The molecule has 38 heavy (non-hydrogen) atoms. The van der Waals surface area contributed by atoms with Gasteiger partial charge in [0.15, 0.2) is 0 Å². The Morgan fingerprint density at radius 2 is 1.68 bits per heavy atom. The monoisotopic (exact) mass is 527 g/mol. The highest BCUT2D eigenvalue weighted by molar-refractivity contribution is 6.30. The molecule has 1 saturated heterocycles. The van der Waals surface area contributed by atoms with Gasteiger partial charge in [-0.15, -0.1) is 0 Å². The summed E-state index contributed by atoms with van der Waals surface area (Å²) in [5.74, 6) is -0.120. The lowest BCUT2D eigenvalue weighted by Crippen LogP contribution is -2.49. The quantitative estimate of drug-likeness (QED) is 0.232. The van der Waals surface area contributed by atoms with Gasteiger partial charge in [0.1, 0.15) is 5.69 Å². The Bertz CT molecular complexity index is 1460. The van der Waals surface area contributed by atoms with Crippen LogP contribution in [0, 0.1) is 10.1 Å². The molecule has 0 radical (unpaired) electrons. The number of carbonyl (C=O) groups is 1. The van der Waals surface area contributed by atoms with Crippen LogP contribution in [0.3, 0.4) is 0 Å². The Morgan fingerprint density at radius 3 is 2.37 bits per heavy atom. The van der Waals surface area contributed by atoms with E-state index in [1.165, 1.54) is 17.7 Å². The summed E-state index contributed by atoms with van der Waals surface area (Å²) in [6.07, 6.45) is 4.26. The van der Waals surface area contributed by atoms with Crippen molar-refractivity contribution in [2.45, 2.75) is 0 Å². The highest BCUT2D eigenvalue weighted by Crippen LogP contribution is 2.26. The highest BCUT2D eigenvalue weighted by Gasteiger charge is 2.26. The highest BCUT2D eigenvalue weighted by atomic mass is 35.5. The third-order valence-corrected chi connectivity index (χ3v) is 6.72. The van der Waals surface area contributed by atoms with Crippen molar-refractivity contribution in [1.29, 1.82) is 0 Å². The number of rotatable bonds is 7. The molecule has 192 valence electrons. The van der Waals surface area contributed by atoms with Crippen LogP contribution >= 0.6 is 11.6 Å². The van der Waals surface area contributed by atoms with Gasteiger partial charge in [-0.05, 0) is 42.0 Å². The fourth-order valence-electron chi connectivity index (χ4n) is 4.43. The minimum absolute atomic E-state index is 0.00388. The maximum atomic E-state index is 13.7. The average molecular weight is 528 g/mol. The number of amides is 1. The standard InChI is InChI=1S/C29H26ClN5O3/c30-24-9-4-10-26(20-24)34-28(21-27(31-34)23-11-13-25(14-12-23)35(37)38)29(36)33-18-16-32(17-19-33)15-5-8-22-6-2-1-3-7-22/h1-14,20-21H,15-19H2/b8-5+. The molecule has 8 nitrogen and oxygen atoms in total. The summed E-state index contributed by atoms with van der Waals surface area (Å²) in [5.41, 5.74) is 3.47. The molecule has 0 spiro atoms. The summed E-state index contributed by atoms with van der Waals surface area (Å²) < 4.78 is 1.60. The minimum Gasteiger partial charge on any atom is -0.335 e. The van der Waals surface area contributed by atoms with E-state index < -0.39 is 4.92 Å². The lowest BCUT2D eigenvalue weighted by Gasteiger charge is -2.34. The Morgan fingerprint density at radius 1 is 0.947 bits per heavy atom. The summed E-state index contributed by atoms with van der Waals surface area (Å²) in [6, 6.07) is 25.2. The average Bonchev–Trinajstić information content (AvgIpc) is 3.39. The Labute approximate surface area is 225 Å². The number of piperazine rings is 1. The minimum atomic E-state index is -0.444. The van der Waals surface area contributed by atoms with Crippen molar-refractivity contribution >= 4 is 29.3 Å². The van der Waals surface area contributed by atoms with Gasteiger partial charge in [0.25, 0.3) is 11.6 Å². The van der Waals surface area contributed by atoms with Crippen molar-refractivity contribution in [3.63, 3.8) is 0 Å². The first kappa shape index (κ1) is 25.4. The lowest BCUT2D eigenvalue weighted by atomic mass is 10.1. The molecule has 9 heteroatoms. The lowest BCUT2D eigenvalue weighted by molar-refractivity contribution is -0.384. The molecule has 0 saturated carbocycles. The Balaban J connectivity index is 1.34. The molecule has 5 rings (SSSR count). The van der Waals surface area contributed by atoms with Gasteiger partial charge in [-0.3, -0.25) is 19.8 Å². The second-order valence-electron chi connectivity index (χ2n) is 9.02. The number of nitrogens with zero attached hydrogens (tertiary/aromatic N) is 5. The number of nitro groups is 1. The molecule has 1 aliphatic rings. The number of hydrogen-bond acceptors (Lipinski definition) is 5. The van der Waals surface area contributed by atoms with Crippen molar-refractivity contribution in [1.82, 2.24) is 19.6 Å². The van der Waals surface area contributed by atoms with E-state index in [4.69, 9.17) is 11.6 Å². The van der Waals surface area contributed by atoms with Crippen molar-refractivity contribution in [3.8, 4) is 16.9 Å². The van der Waals surface area contributed by atoms with Crippen LogP contribution in [-0.4, -0.2) is 63.1 Å². The van der Waals surface area contributed by atoms with Gasteiger partial charge in [0.2, 0.25) is 0 Å². The molecule has 1 aromatic heterocycles. The Hall–Kier alpha value is -4.27. The molecular weight excluding hydrogens is 502 g/mol. The predicted octanol–water partition coefficient (Wildman–Crippen LogP) is 5.57. The van der Waals surface area contributed by atoms with E-state index in [2.05, 4.69) is 34.3 Å². The number of hydrogen-bond donors (Lipinski definition) is 0. The molecule has 1 amide bonds. The molecule has 0 aliphatic carbocycles. The number of aromatic nitrogens is 2. The van der Waals surface area contributed by atoms with Gasteiger partial charge in [-0.1, -0.05) is 60.2 Å². The van der Waals surface area contributed by atoms with Crippen molar-refractivity contribution in [2.75, 3.05) is 32.7 Å². The number of benzene rings is 3. The van der Waals surface area contributed by atoms with E-state index in [-0.39, 0.29) is 11.6 Å². The second-order valence-corrected chi connectivity index (χ2v) is 9.45. The van der Waals surface area contributed by atoms with Crippen LogP contribution in [0.15, 0.2) is 91.0 Å². The van der Waals surface area contributed by atoms with Crippen LogP contribution in [0.4, 0.5) is 5.69 Å². The molecule has 0 bridgehead atoms. The third kappa shape index (κ3) is 5.82. The Kier molecular flexibility index (Phi) is 7.62. The van der Waals surface area contributed by atoms with Gasteiger partial charge in [-0.25, -0.2) is 4.68 Å². The number of halogens is 1. The van der Waals surface area contributed by atoms with E-state index in [0.29, 0.717) is 40.8 Å². The summed E-state index contributed by atoms with van der Waals surface area (Å²) in [7, 11) is 0. The maximum Gasteiger partial charge on any atom is 0.272 e. The molecule has 1 fully saturated rings. The van der Waals surface area contributed by atoms with E-state index in [9.17, 15) is 14.9 Å². The van der Waals surface area contributed by atoms with Gasteiger partial charge in [-0.2, -0.15) is 5.10 Å². The largest absolute Gasteiger partial charge is 0.335 e. The number of carbonyl (C=O) groups excluding carboxylic acids is 1. The normalized spacial score (nSPS) is 14.2. The van der Waals surface area contributed by atoms with Crippen LogP contribution in [0.1, 0.15) is 16.1 Å².